The Bertz CT molecular complexity index is 294. The Labute approximate surface area is 79.4 Å². The van der Waals surface area contributed by atoms with Gasteiger partial charge >= 0.3 is 0 Å². The van der Waals surface area contributed by atoms with Gasteiger partial charge in [0.1, 0.15) is 0 Å². The van der Waals surface area contributed by atoms with Gasteiger partial charge in [-0.25, -0.2) is 0 Å². The third-order valence-corrected chi connectivity index (χ3v) is 2.44. The molecule has 0 fully saturated rings. The topological polar surface area (TPSA) is 46.2 Å². The Balaban J connectivity index is 2.97. The Morgan fingerprint density at radius 2 is 1.85 bits per heavy atom. The van der Waals surface area contributed by atoms with Crippen molar-refractivity contribution in [3.8, 4) is 0 Å². The highest BCUT2D eigenvalue weighted by Crippen LogP contribution is 2.17. The van der Waals surface area contributed by atoms with Crippen molar-refractivity contribution >= 4 is 0 Å². The van der Waals surface area contributed by atoms with Gasteiger partial charge in [0.05, 0.1) is 12.1 Å². The molecule has 0 heterocycles. The van der Waals surface area contributed by atoms with Crippen LogP contribution in [0.5, 0.6) is 0 Å². The van der Waals surface area contributed by atoms with E-state index in [0.717, 1.165) is 5.56 Å². The molecule has 0 spiro atoms. The van der Waals surface area contributed by atoms with Crippen molar-refractivity contribution in [2.24, 2.45) is 5.73 Å². The van der Waals surface area contributed by atoms with Crippen LogP contribution in [0.25, 0.3) is 0 Å². The van der Waals surface area contributed by atoms with Crippen LogP contribution in [-0.4, -0.2) is 11.2 Å². The van der Waals surface area contributed by atoms with Crippen LogP contribution < -0.4 is 5.73 Å². The minimum atomic E-state index is -0.498. The third-order valence-electron chi connectivity index (χ3n) is 2.44. The summed E-state index contributed by atoms with van der Waals surface area (Å²) >= 11 is 0. The van der Waals surface area contributed by atoms with Crippen LogP contribution in [0.2, 0.25) is 0 Å². The molecule has 2 nitrogen and oxygen atoms in total. The van der Waals surface area contributed by atoms with Gasteiger partial charge in [0.15, 0.2) is 0 Å². The first kappa shape index (κ1) is 10.2. The van der Waals surface area contributed by atoms with Crippen LogP contribution in [0, 0.1) is 13.8 Å². The van der Waals surface area contributed by atoms with Crippen molar-refractivity contribution in [3.05, 3.63) is 34.9 Å². The highest BCUT2D eigenvalue weighted by molar-refractivity contribution is 5.31. The maximum atomic E-state index is 9.31. The van der Waals surface area contributed by atoms with E-state index in [2.05, 4.69) is 6.92 Å². The minimum absolute atomic E-state index is 0.278. The van der Waals surface area contributed by atoms with E-state index in [1.807, 2.05) is 25.1 Å². The molecule has 0 saturated heterocycles. The fraction of sp³-hybridized carbons (Fsp3) is 0.455. The second kappa shape index (κ2) is 3.90. The summed E-state index contributed by atoms with van der Waals surface area (Å²) in [5.74, 6) is 0. The number of aryl methyl sites for hydroxylation is 2. The number of hydrogen-bond donors (Lipinski definition) is 2. The molecular formula is C11H17NO. The molecule has 0 radical (unpaired) electrons. The molecule has 0 aliphatic carbocycles. The lowest BCUT2D eigenvalue weighted by molar-refractivity contribution is 0.164. The quantitative estimate of drug-likeness (QED) is 0.725. The molecule has 0 unspecified atom stereocenters. The zero-order valence-electron chi connectivity index (χ0n) is 8.41. The average Bonchev–Trinajstić information content (AvgIpc) is 2.08. The summed E-state index contributed by atoms with van der Waals surface area (Å²) in [7, 11) is 0. The van der Waals surface area contributed by atoms with E-state index in [-0.39, 0.29) is 6.04 Å². The SMILES string of the molecule is Cc1ccc([C@@H](N)[C@@H](C)O)cc1C. The molecule has 3 N–H and O–H groups in total. The normalized spacial score (nSPS) is 15.5. The summed E-state index contributed by atoms with van der Waals surface area (Å²) in [5.41, 5.74) is 9.27. The number of hydrogen-bond acceptors (Lipinski definition) is 2. The number of aliphatic hydroxyl groups is 1. The fourth-order valence-corrected chi connectivity index (χ4v) is 1.25. The molecular weight excluding hydrogens is 162 g/mol. The smallest absolute Gasteiger partial charge is 0.0704 e. The van der Waals surface area contributed by atoms with Gasteiger partial charge in [-0.05, 0) is 37.5 Å². The zero-order chi connectivity index (χ0) is 10.0. The second-order valence-electron chi connectivity index (χ2n) is 3.61. The van der Waals surface area contributed by atoms with Crippen LogP contribution >= 0.6 is 0 Å². The summed E-state index contributed by atoms with van der Waals surface area (Å²) < 4.78 is 0. The summed E-state index contributed by atoms with van der Waals surface area (Å²) in [6.07, 6.45) is -0.498. The fourth-order valence-electron chi connectivity index (χ4n) is 1.25. The molecule has 0 amide bonds. The molecule has 13 heavy (non-hydrogen) atoms. The summed E-state index contributed by atoms with van der Waals surface area (Å²) in [6, 6.07) is 5.76. The Morgan fingerprint density at radius 1 is 1.23 bits per heavy atom. The number of nitrogens with two attached hydrogens (primary N) is 1. The lowest BCUT2D eigenvalue weighted by Crippen LogP contribution is -2.23. The number of benzene rings is 1. The third kappa shape index (κ3) is 2.29. The van der Waals surface area contributed by atoms with Gasteiger partial charge in [0, 0.05) is 0 Å². The van der Waals surface area contributed by atoms with Crippen LogP contribution in [0.1, 0.15) is 29.7 Å². The van der Waals surface area contributed by atoms with Gasteiger partial charge in [-0.1, -0.05) is 18.2 Å². The maximum absolute atomic E-state index is 9.31. The molecule has 0 saturated carbocycles. The highest BCUT2D eigenvalue weighted by atomic mass is 16.3. The van der Waals surface area contributed by atoms with E-state index >= 15 is 0 Å². The predicted molar refractivity (Wildman–Crippen MR) is 54.5 cm³/mol. The molecule has 0 aromatic heterocycles. The van der Waals surface area contributed by atoms with E-state index in [1.165, 1.54) is 11.1 Å². The second-order valence-corrected chi connectivity index (χ2v) is 3.61. The molecule has 72 valence electrons. The molecule has 1 rings (SSSR count). The predicted octanol–water partition coefficient (Wildman–Crippen LogP) is 1.68. The first-order chi connectivity index (χ1) is 6.02. The van der Waals surface area contributed by atoms with Crippen molar-refractivity contribution in [2.75, 3.05) is 0 Å². The van der Waals surface area contributed by atoms with Crippen molar-refractivity contribution in [1.82, 2.24) is 0 Å². The van der Waals surface area contributed by atoms with Crippen molar-refractivity contribution in [2.45, 2.75) is 32.9 Å². The van der Waals surface area contributed by atoms with Crippen LogP contribution in [0.3, 0.4) is 0 Å². The summed E-state index contributed by atoms with van der Waals surface area (Å²) in [6.45, 7) is 5.82. The first-order valence-corrected chi connectivity index (χ1v) is 4.53. The maximum Gasteiger partial charge on any atom is 0.0704 e. The van der Waals surface area contributed by atoms with Crippen LogP contribution in [-0.2, 0) is 0 Å². The Kier molecular flexibility index (Phi) is 3.07. The zero-order valence-corrected chi connectivity index (χ0v) is 8.41. The van der Waals surface area contributed by atoms with E-state index in [9.17, 15) is 5.11 Å². The Hall–Kier alpha value is -0.860. The van der Waals surface area contributed by atoms with Gasteiger partial charge in [-0.3, -0.25) is 0 Å². The van der Waals surface area contributed by atoms with E-state index < -0.39 is 6.10 Å². The van der Waals surface area contributed by atoms with Gasteiger partial charge in [-0.15, -0.1) is 0 Å². The molecule has 0 bridgehead atoms. The molecule has 0 aliphatic rings. The van der Waals surface area contributed by atoms with Gasteiger partial charge < -0.3 is 10.8 Å². The molecule has 1 aromatic carbocycles. The monoisotopic (exact) mass is 179 g/mol. The standard InChI is InChI=1S/C11H17NO/c1-7-4-5-10(6-8(7)2)11(12)9(3)13/h4-6,9,11,13H,12H2,1-3H3/t9-,11+/m1/s1. The van der Waals surface area contributed by atoms with Crippen LogP contribution in [0.4, 0.5) is 0 Å². The van der Waals surface area contributed by atoms with Gasteiger partial charge in [0.25, 0.3) is 0 Å². The molecule has 1 aromatic rings. The average molecular weight is 179 g/mol. The van der Waals surface area contributed by atoms with Gasteiger partial charge in [0.2, 0.25) is 0 Å². The van der Waals surface area contributed by atoms with E-state index in [0.29, 0.717) is 0 Å². The van der Waals surface area contributed by atoms with Crippen LogP contribution in [0.15, 0.2) is 18.2 Å². The summed E-state index contributed by atoms with van der Waals surface area (Å²) in [4.78, 5) is 0. The largest absolute Gasteiger partial charge is 0.391 e. The van der Waals surface area contributed by atoms with Crippen molar-refractivity contribution < 1.29 is 5.11 Å². The van der Waals surface area contributed by atoms with Crippen molar-refractivity contribution in [3.63, 3.8) is 0 Å². The van der Waals surface area contributed by atoms with Crippen molar-refractivity contribution in [1.29, 1.82) is 0 Å². The molecule has 2 heteroatoms. The number of rotatable bonds is 2. The molecule has 2 atom stereocenters. The lowest BCUT2D eigenvalue weighted by Gasteiger charge is -2.16. The number of aliphatic hydroxyl groups excluding tert-OH is 1. The highest BCUT2D eigenvalue weighted by Gasteiger charge is 2.11. The first-order valence-electron chi connectivity index (χ1n) is 4.53. The molecule has 0 aliphatic heterocycles. The van der Waals surface area contributed by atoms with E-state index in [4.69, 9.17) is 5.73 Å². The summed E-state index contributed by atoms with van der Waals surface area (Å²) in [5, 5.41) is 9.31. The minimum Gasteiger partial charge on any atom is -0.391 e. The van der Waals surface area contributed by atoms with Gasteiger partial charge in [-0.2, -0.15) is 0 Å². The Morgan fingerprint density at radius 3 is 2.31 bits per heavy atom. The lowest BCUT2D eigenvalue weighted by atomic mass is 9.99. The van der Waals surface area contributed by atoms with E-state index in [1.54, 1.807) is 6.92 Å².